The molecule has 0 fully saturated rings. The summed E-state index contributed by atoms with van der Waals surface area (Å²) in [5.41, 5.74) is 11.3. The van der Waals surface area contributed by atoms with Crippen molar-refractivity contribution in [3.63, 3.8) is 0 Å². The van der Waals surface area contributed by atoms with Crippen molar-refractivity contribution in [2.24, 2.45) is 5.73 Å². The third kappa shape index (κ3) is 2.46. The zero-order chi connectivity index (χ0) is 13.9. The first-order valence-corrected chi connectivity index (χ1v) is 7.81. The summed E-state index contributed by atoms with van der Waals surface area (Å²) in [7, 11) is 0. The molecule has 0 aliphatic carbocycles. The molecule has 104 valence electrons. The SMILES string of the molecule is CCCn1c(CC(N)c2cscn2)nc2ccccc21. The molecule has 2 aromatic heterocycles. The lowest BCUT2D eigenvalue weighted by Gasteiger charge is -2.11. The molecule has 0 aliphatic rings. The van der Waals surface area contributed by atoms with E-state index in [0.717, 1.165) is 36.4 Å². The van der Waals surface area contributed by atoms with E-state index in [0.29, 0.717) is 0 Å². The van der Waals surface area contributed by atoms with Crippen LogP contribution in [-0.2, 0) is 13.0 Å². The molecule has 3 rings (SSSR count). The number of rotatable bonds is 5. The lowest BCUT2D eigenvalue weighted by Crippen LogP contribution is -2.17. The van der Waals surface area contributed by atoms with Crippen LogP contribution in [0.15, 0.2) is 35.2 Å². The molecular formula is C15H18N4S. The molecule has 0 aliphatic heterocycles. The van der Waals surface area contributed by atoms with Crippen LogP contribution < -0.4 is 5.73 Å². The highest BCUT2D eigenvalue weighted by Crippen LogP contribution is 2.21. The van der Waals surface area contributed by atoms with Crippen molar-refractivity contribution in [3.05, 3.63) is 46.7 Å². The molecule has 0 saturated heterocycles. The molecule has 1 aromatic carbocycles. The number of imidazole rings is 1. The minimum Gasteiger partial charge on any atom is -0.328 e. The normalized spacial score (nSPS) is 12.9. The fourth-order valence-electron chi connectivity index (χ4n) is 2.46. The summed E-state index contributed by atoms with van der Waals surface area (Å²) in [5.74, 6) is 1.05. The van der Waals surface area contributed by atoms with Gasteiger partial charge in [0.25, 0.3) is 0 Å². The first kappa shape index (κ1) is 13.3. The van der Waals surface area contributed by atoms with Crippen LogP contribution in [0.5, 0.6) is 0 Å². The second kappa shape index (κ2) is 5.73. The van der Waals surface area contributed by atoms with Gasteiger partial charge in [0.1, 0.15) is 5.82 Å². The van der Waals surface area contributed by atoms with E-state index in [9.17, 15) is 0 Å². The van der Waals surface area contributed by atoms with Crippen molar-refractivity contribution in [1.82, 2.24) is 14.5 Å². The minimum atomic E-state index is -0.0892. The first-order chi connectivity index (χ1) is 9.79. The van der Waals surface area contributed by atoms with Gasteiger partial charge < -0.3 is 10.3 Å². The van der Waals surface area contributed by atoms with Crippen molar-refractivity contribution >= 4 is 22.4 Å². The van der Waals surface area contributed by atoms with E-state index in [2.05, 4.69) is 34.7 Å². The number of nitrogens with two attached hydrogens (primary N) is 1. The molecule has 0 radical (unpaired) electrons. The van der Waals surface area contributed by atoms with Crippen LogP contribution >= 0.6 is 11.3 Å². The average Bonchev–Trinajstić information content (AvgIpc) is 3.08. The van der Waals surface area contributed by atoms with Crippen molar-refractivity contribution in [1.29, 1.82) is 0 Å². The highest BCUT2D eigenvalue weighted by Gasteiger charge is 2.15. The second-order valence-electron chi connectivity index (χ2n) is 4.89. The summed E-state index contributed by atoms with van der Waals surface area (Å²) in [4.78, 5) is 9.04. The maximum atomic E-state index is 6.25. The van der Waals surface area contributed by atoms with Crippen LogP contribution in [0.3, 0.4) is 0 Å². The van der Waals surface area contributed by atoms with E-state index in [4.69, 9.17) is 10.7 Å². The summed E-state index contributed by atoms with van der Waals surface area (Å²) < 4.78 is 2.28. The molecule has 2 N–H and O–H groups in total. The molecule has 0 spiro atoms. The van der Waals surface area contributed by atoms with Crippen LogP contribution in [0.25, 0.3) is 11.0 Å². The number of aryl methyl sites for hydroxylation is 1. The highest BCUT2D eigenvalue weighted by molar-refractivity contribution is 7.07. The predicted octanol–water partition coefficient (Wildman–Crippen LogP) is 3.15. The topological polar surface area (TPSA) is 56.7 Å². The van der Waals surface area contributed by atoms with Gasteiger partial charge in [0.05, 0.1) is 28.3 Å². The number of benzene rings is 1. The molecule has 2 heterocycles. The van der Waals surface area contributed by atoms with Gasteiger partial charge in [-0.1, -0.05) is 19.1 Å². The Labute approximate surface area is 122 Å². The largest absolute Gasteiger partial charge is 0.328 e. The first-order valence-electron chi connectivity index (χ1n) is 6.87. The molecule has 4 nitrogen and oxygen atoms in total. The number of fused-ring (bicyclic) bond motifs is 1. The van der Waals surface area contributed by atoms with Crippen molar-refractivity contribution in [2.75, 3.05) is 0 Å². The van der Waals surface area contributed by atoms with Crippen molar-refractivity contribution in [2.45, 2.75) is 32.4 Å². The summed E-state index contributed by atoms with van der Waals surface area (Å²) in [6.07, 6.45) is 1.80. The maximum absolute atomic E-state index is 6.25. The zero-order valence-corrected chi connectivity index (χ0v) is 12.3. The molecule has 20 heavy (non-hydrogen) atoms. The Morgan fingerprint density at radius 3 is 2.95 bits per heavy atom. The molecule has 0 saturated carbocycles. The summed E-state index contributed by atoms with van der Waals surface area (Å²) in [5, 5.41) is 2.01. The lowest BCUT2D eigenvalue weighted by atomic mass is 10.1. The molecular weight excluding hydrogens is 268 g/mol. The molecule has 1 unspecified atom stereocenters. The van der Waals surface area contributed by atoms with Crippen LogP contribution in [0.2, 0.25) is 0 Å². The standard InChI is InChI=1S/C15H18N4S/c1-2-7-19-14-6-4-3-5-12(14)18-15(19)8-11(16)13-9-20-10-17-13/h3-6,9-11H,2,7-8,16H2,1H3. The maximum Gasteiger partial charge on any atom is 0.111 e. The van der Waals surface area contributed by atoms with Gasteiger partial charge in [0.2, 0.25) is 0 Å². The van der Waals surface area contributed by atoms with Crippen LogP contribution in [0.4, 0.5) is 0 Å². The van der Waals surface area contributed by atoms with Crippen molar-refractivity contribution in [3.8, 4) is 0 Å². The van der Waals surface area contributed by atoms with Gasteiger partial charge in [-0.3, -0.25) is 0 Å². The van der Waals surface area contributed by atoms with Gasteiger partial charge in [0.15, 0.2) is 0 Å². The average molecular weight is 286 g/mol. The zero-order valence-electron chi connectivity index (χ0n) is 11.5. The van der Waals surface area contributed by atoms with Gasteiger partial charge >= 0.3 is 0 Å². The Balaban J connectivity index is 1.96. The molecule has 3 aromatic rings. The monoisotopic (exact) mass is 286 g/mol. The van der Waals surface area contributed by atoms with Gasteiger partial charge in [-0.05, 0) is 18.6 Å². The van der Waals surface area contributed by atoms with Crippen LogP contribution in [0.1, 0.15) is 30.9 Å². The fourth-order valence-corrected chi connectivity index (χ4v) is 3.08. The predicted molar refractivity (Wildman–Crippen MR) is 82.8 cm³/mol. The van der Waals surface area contributed by atoms with E-state index in [-0.39, 0.29) is 6.04 Å². The molecule has 5 heteroatoms. The number of hydrogen-bond donors (Lipinski definition) is 1. The Morgan fingerprint density at radius 1 is 1.35 bits per heavy atom. The van der Waals surface area contributed by atoms with E-state index in [1.165, 1.54) is 5.52 Å². The van der Waals surface area contributed by atoms with Gasteiger partial charge in [-0.25, -0.2) is 9.97 Å². The van der Waals surface area contributed by atoms with E-state index < -0.39 is 0 Å². The van der Waals surface area contributed by atoms with E-state index in [1.54, 1.807) is 11.3 Å². The van der Waals surface area contributed by atoms with Crippen LogP contribution in [-0.4, -0.2) is 14.5 Å². The number of nitrogens with zero attached hydrogens (tertiary/aromatic N) is 3. The van der Waals surface area contributed by atoms with Crippen LogP contribution in [0, 0.1) is 0 Å². The fraction of sp³-hybridized carbons (Fsp3) is 0.333. The number of aromatic nitrogens is 3. The summed E-state index contributed by atoms with van der Waals surface area (Å²) >= 11 is 1.58. The number of thiazole rings is 1. The Bertz CT molecular complexity index is 687. The molecule has 0 bridgehead atoms. The highest BCUT2D eigenvalue weighted by atomic mass is 32.1. The van der Waals surface area contributed by atoms with Gasteiger partial charge in [0, 0.05) is 18.3 Å². The minimum absolute atomic E-state index is 0.0892. The molecule has 1 atom stereocenters. The molecule has 0 amide bonds. The van der Waals surface area contributed by atoms with Crippen molar-refractivity contribution < 1.29 is 0 Å². The van der Waals surface area contributed by atoms with E-state index >= 15 is 0 Å². The Morgan fingerprint density at radius 2 is 2.20 bits per heavy atom. The smallest absolute Gasteiger partial charge is 0.111 e. The number of para-hydroxylation sites is 2. The third-order valence-corrected chi connectivity index (χ3v) is 4.02. The Kier molecular flexibility index (Phi) is 3.80. The summed E-state index contributed by atoms with van der Waals surface area (Å²) in [6, 6.07) is 8.17. The third-order valence-electron chi connectivity index (χ3n) is 3.41. The Hall–Kier alpha value is -1.72. The second-order valence-corrected chi connectivity index (χ2v) is 5.61. The van der Waals surface area contributed by atoms with Gasteiger partial charge in [-0.15, -0.1) is 11.3 Å². The number of hydrogen-bond acceptors (Lipinski definition) is 4. The quantitative estimate of drug-likeness (QED) is 0.784. The summed E-state index contributed by atoms with van der Waals surface area (Å²) in [6.45, 7) is 3.15. The lowest BCUT2D eigenvalue weighted by molar-refractivity contribution is 0.604. The van der Waals surface area contributed by atoms with E-state index in [1.807, 2.05) is 17.0 Å². The van der Waals surface area contributed by atoms with Gasteiger partial charge in [-0.2, -0.15) is 0 Å².